The average Bonchev–Trinajstić information content (AvgIpc) is 3.25. The number of nitrogens with two attached hydrogens (primary N) is 1. The molecule has 7 heteroatoms. The molecule has 1 aliphatic rings. The lowest BCUT2D eigenvalue weighted by molar-refractivity contribution is 0.129. The topological polar surface area (TPSA) is 109 Å². The van der Waals surface area contributed by atoms with Gasteiger partial charge in [0.05, 0.1) is 17.8 Å². The number of benzene rings is 2. The Bertz CT molecular complexity index is 1080. The van der Waals surface area contributed by atoms with E-state index in [0.717, 1.165) is 24.0 Å². The highest BCUT2D eigenvalue weighted by atomic mass is 127. The first kappa shape index (κ1) is 20.9. The smallest absolute Gasteiger partial charge is 0.181 e. The van der Waals surface area contributed by atoms with Gasteiger partial charge in [-0.3, -0.25) is 5.41 Å². The van der Waals surface area contributed by atoms with Gasteiger partial charge in [0.15, 0.2) is 12.2 Å². The average molecular weight is 502 g/mol. The highest BCUT2D eigenvalue weighted by Gasteiger charge is 2.29. The van der Waals surface area contributed by atoms with Crippen LogP contribution in [0.2, 0.25) is 0 Å². The van der Waals surface area contributed by atoms with Gasteiger partial charge in [0, 0.05) is 12.7 Å². The molecule has 0 saturated carbocycles. The van der Waals surface area contributed by atoms with Gasteiger partial charge in [-0.2, -0.15) is 5.26 Å². The summed E-state index contributed by atoms with van der Waals surface area (Å²) in [7, 11) is 0. The van der Waals surface area contributed by atoms with Crippen molar-refractivity contribution in [2.45, 2.75) is 25.9 Å². The van der Waals surface area contributed by atoms with E-state index >= 15 is 0 Å². The molecule has 29 heavy (non-hydrogen) atoms. The predicted octanol–water partition coefficient (Wildman–Crippen LogP) is 5.11. The number of ether oxygens (including phenoxy) is 1. The van der Waals surface area contributed by atoms with E-state index in [-0.39, 0.29) is 37.2 Å². The van der Waals surface area contributed by atoms with E-state index in [0.29, 0.717) is 34.2 Å². The van der Waals surface area contributed by atoms with Crippen molar-refractivity contribution in [3.63, 3.8) is 0 Å². The van der Waals surface area contributed by atoms with E-state index < -0.39 is 0 Å². The molecule has 1 aromatic heterocycles. The summed E-state index contributed by atoms with van der Waals surface area (Å²) in [5.41, 5.74) is 10.2. The monoisotopic (exact) mass is 502 g/mol. The Labute approximate surface area is 187 Å². The van der Waals surface area contributed by atoms with Crippen LogP contribution < -0.4 is 10.5 Å². The van der Waals surface area contributed by atoms with Crippen LogP contribution in [-0.4, -0.2) is 10.7 Å². The molecule has 0 bridgehead atoms. The van der Waals surface area contributed by atoms with Gasteiger partial charge in [0.1, 0.15) is 17.6 Å². The predicted molar refractivity (Wildman–Crippen MR) is 123 cm³/mol. The standard InChI is InChI=1S/C22H20N4O2.HI.H2/c1-13-2-4-15-8-14(10-23)3-6-17(15)22(13)28-16-5-7-19(24)18(9-16)21(25)20-11-26-12-27-20;;/h3,5-9,11-13,22,25H,2,4,24H2,1H3;2*1H/t13-,22+;;/m1../s1. The maximum atomic E-state index is 9.15. The second kappa shape index (κ2) is 8.66. The Balaban J connectivity index is 0.00000160. The van der Waals surface area contributed by atoms with Crippen LogP contribution >= 0.6 is 24.0 Å². The fourth-order valence-corrected chi connectivity index (χ4v) is 3.63. The highest BCUT2D eigenvalue weighted by molar-refractivity contribution is 14.0. The van der Waals surface area contributed by atoms with Crippen LogP contribution in [-0.2, 0) is 6.42 Å². The van der Waals surface area contributed by atoms with E-state index in [2.05, 4.69) is 18.0 Å². The lowest BCUT2D eigenvalue weighted by Crippen LogP contribution is -2.23. The van der Waals surface area contributed by atoms with Crippen LogP contribution in [0.15, 0.2) is 53.4 Å². The number of fused-ring (bicyclic) bond motifs is 1. The number of nitrogen functional groups attached to an aromatic ring is 1. The van der Waals surface area contributed by atoms with E-state index in [4.69, 9.17) is 25.6 Å². The molecule has 4 rings (SSSR count). The zero-order chi connectivity index (χ0) is 19.7. The van der Waals surface area contributed by atoms with Crippen molar-refractivity contribution in [3.8, 4) is 11.8 Å². The van der Waals surface area contributed by atoms with Crippen LogP contribution in [0, 0.1) is 22.7 Å². The van der Waals surface area contributed by atoms with Crippen LogP contribution in [0.1, 0.15) is 48.9 Å². The van der Waals surface area contributed by atoms with Crippen molar-refractivity contribution < 1.29 is 10.6 Å². The molecule has 1 heterocycles. The summed E-state index contributed by atoms with van der Waals surface area (Å²) in [5.74, 6) is 1.32. The summed E-state index contributed by atoms with van der Waals surface area (Å²) < 4.78 is 11.6. The summed E-state index contributed by atoms with van der Waals surface area (Å²) in [4.78, 5) is 3.86. The van der Waals surface area contributed by atoms with Gasteiger partial charge in [0.25, 0.3) is 0 Å². The molecule has 150 valence electrons. The van der Waals surface area contributed by atoms with Gasteiger partial charge in [-0.15, -0.1) is 24.0 Å². The SMILES string of the molecule is C[C@@H]1CCc2cc(C#N)ccc2[C@H]1Oc1ccc(N)c(C(=N)c2cnco2)c1.I.[HH]. The lowest BCUT2D eigenvalue weighted by Gasteiger charge is -2.32. The van der Waals surface area contributed by atoms with Crippen molar-refractivity contribution in [1.82, 2.24) is 4.98 Å². The number of nitrogens with zero attached hydrogens (tertiary/aromatic N) is 2. The van der Waals surface area contributed by atoms with E-state index in [1.165, 1.54) is 12.6 Å². The van der Waals surface area contributed by atoms with Gasteiger partial charge in [0.2, 0.25) is 0 Å². The van der Waals surface area contributed by atoms with Crippen molar-refractivity contribution in [2.75, 3.05) is 5.73 Å². The number of hydrogen-bond acceptors (Lipinski definition) is 6. The van der Waals surface area contributed by atoms with Crippen LogP contribution in [0.25, 0.3) is 0 Å². The number of nitrogens with one attached hydrogen (secondary N) is 1. The number of hydrogen-bond donors (Lipinski definition) is 2. The summed E-state index contributed by atoms with van der Waals surface area (Å²) in [6, 6.07) is 13.3. The summed E-state index contributed by atoms with van der Waals surface area (Å²) in [5, 5.41) is 17.5. The first-order chi connectivity index (χ1) is 13.6. The minimum absolute atomic E-state index is 0. The van der Waals surface area contributed by atoms with Gasteiger partial charge >= 0.3 is 0 Å². The normalized spacial score (nSPS) is 17.5. The number of oxazole rings is 1. The van der Waals surface area contributed by atoms with Crippen molar-refractivity contribution in [2.24, 2.45) is 5.92 Å². The van der Waals surface area contributed by atoms with Gasteiger partial charge in [-0.25, -0.2) is 4.98 Å². The largest absolute Gasteiger partial charge is 0.485 e. The van der Waals surface area contributed by atoms with Crippen molar-refractivity contribution in [3.05, 3.63) is 77.0 Å². The number of anilines is 1. The first-order valence-corrected chi connectivity index (χ1v) is 9.13. The molecule has 3 aromatic rings. The maximum Gasteiger partial charge on any atom is 0.181 e. The van der Waals surface area contributed by atoms with Crippen molar-refractivity contribution >= 4 is 35.4 Å². The van der Waals surface area contributed by atoms with Crippen LogP contribution in [0.5, 0.6) is 5.75 Å². The Morgan fingerprint density at radius 1 is 1.34 bits per heavy atom. The minimum Gasteiger partial charge on any atom is -0.485 e. The van der Waals surface area contributed by atoms with Gasteiger partial charge < -0.3 is 14.9 Å². The van der Waals surface area contributed by atoms with Crippen molar-refractivity contribution in [1.29, 1.82) is 10.7 Å². The Morgan fingerprint density at radius 2 is 2.17 bits per heavy atom. The molecule has 3 N–H and O–H groups in total. The van der Waals surface area contributed by atoms with E-state index in [1.54, 1.807) is 12.1 Å². The Morgan fingerprint density at radius 3 is 2.90 bits per heavy atom. The second-order valence-electron chi connectivity index (χ2n) is 7.07. The molecule has 0 spiro atoms. The fraction of sp³-hybridized carbons (Fsp3) is 0.227. The zero-order valence-electron chi connectivity index (χ0n) is 15.9. The molecule has 0 saturated heterocycles. The molecule has 0 fully saturated rings. The molecule has 1 aliphatic carbocycles. The Hall–Kier alpha value is -2.86. The molecule has 6 nitrogen and oxygen atoms in total. The fourth-order valence-electron chi connectivity index (χ4n) is 3.63. The van der Waals surface area contributed by atoms with Crippen LogP contribution in [0.4, 0.5) is 5.69 Å². The van der Waals surface area contributed by atoms with E-state index in [9.17, 15) is 0 Å². The van der Waals surface area contributed by atoms with E-state index in [1.807, 2.05) is 24.3 Å². The molecular formula is C22H23IN4O2. The van der Waals surface area contributed by atoms with Crippen LogP contribution in [0.3, 0.4) is 0 Å². The molecule has 0 aliphatic heterocycles. The molecule has 2 atom stereocenters. The molecular weight excluding hydrogens is 479 g/mol. The third-order valence-corrected chi connectivity index (χ3v) is 5.20. The lowest BCUT2D eigenvalue weighted by atomic mass is 9.81. The molecule has 0 radical (unpaired) electrons. The third kappa shape index (κ3) is 4.12. The number of nitriles is 1. The molecule has 0 amide bonds. The number of aromatic nitrogens is 1. The third-order valence-electron chi connectivity index (χ3n) is 5.20. The maximum absolute atomic E-state index is 9.15. The van der Waals surface area contributed by atoms with Gasteiger partial charge in [-0.05, 0) is 60.2 Å². The number of halogens is 1. The van der Waals surface area contributed by atoms with Gasteiger partial charge in [-0.1, -0.05) is 13.0 Å². The number of aryl methyl sites for hydroxylation is 1. The summed E-state index contributed by atoms with van der Waals surface area (Å²) in [6.45, 7) is 2.17. The number of rotatable bonds is 4. The molecule has 2 aromatic carbocycles. The molecule has 0 unspecified atom stereocenters. The second-order valence-corrected chi connectivity index (χ2v) is 7.07. The first-order valence-electron chi connectivity index (χ1n) is 9.13. The zero-order valence-corrected chi connectivity index (χ0v) is 18.2. The summed E-state index contributed by atoms with van der Waals surface area (Å²) in [6.07, 6.45) is 4.59. The minimum atomic E-state index is -0.118. The Kier molecular flexibility index (Phi) is 6.23. The quantitative estimate of drug-likeness (QED) is 0.293. The highest BCUT2D eigenvalue weighted by Crippen LogP contribution is 2.38. The summed E-state index contributed by atoms with van der Waals surface area (Å²) >= 11 is 0.